The van der Waals surface area contributed by atoms with Crippen molar-refractivity contribution < 1.29 is 9.84 Å². The van der Waals surface area contributed by atoms with E-state index in [1.807, 2.05) is 18.2 Å². The van der Waals surface area contributed by atoms with E-state index in [9.17, 15) is 5.11 Å². The average molecular weight is 284 g/mol. The van der Waals surface area contributed by atoms with E-state index in [1.165, 1.54) is 0 Å². The molecule has 19 heavy (non-hydrogen) atoms. The van der Waals surface area contributed by atoms with Crippen molar-refractivity contribution in [2.75, 3.05) is 24.6 Å². The van der Waals surface area contributed by atoms with E-state index >= 15 is 0 Å². The van der Waals surface area contributed by atoms with Crippen molar-refractivity contribution >= 4 is 17.3 Å². The van der Waals surface area contributed by atoms with Crippen molar-refractivity contribution in [2.45, 2.75) is 38.9 Å². The number of hydrogen-bond donors (Lipinski definition) is 1. The monoisotopic (exact) mass is 283 g/mol. The minimum atomic E-state index is -0.486. The highest BCUT2D eigenvalue weighted by atomic mass is 35.5. The van der Waals surface area contributed by atoms with Crippen LogP contribution in [0.2, 0.25) is 5.02 Å². The standard InChI is InChI=1S/C15H22ClNO2/c1-3-17(10-13-5-4-8-19-13)15-7-6-12(11(2)18)9-14(15)16/h6-7,9,11,13,18H,3-5,8,10H2,1-2H3/t11-,13?/m1/s1. The Morgan fingerprint density at radius 1 is 1.53 bits per heavy atom. The third-order valence-electron chi connectivity index (χ3n) is 3.62. The summed E-state index contributed by atoms with van der Waals surface area (Å²) in [6.07, 6.45) is 2.10. The van der Waals surface area contributed by atoms with E-state index in [2.05, 4.69) is 11.8 Å². The molecule has 0 aromatic heterocycles. The number of hydrogen-bond acceptors (Lipinski definition) is 3. The molecule has 0 saturated carbocycles. The van der Waals surface area contributed by atoms with E-state index < -0.39 is 6.10 Å². The highest BCUT2D eigenvalue weighted by Gasteiger charge is 2.20. The molecule has 1 unspecified atom stereocenters. The van der Waals surface area contributed by atoms with Gasteiger partial charge in [-0.25, -0.2) is 0 Å². The minimum absolute atomic E-state index is 0.312. The first-order valence-electron chi connectivity index (χ1n) is 6.96. The lowest BCUT2D eigenvalue weighted by atomic mass is 10.1. The predicted octanol–water partition coefficient (Wildman–Crippen LogP) is 3.40. The van der Waals surface area contributed by atoms with E-state index in [1.54, 1.807) is 6.92 Å². The van der Waals surface area contributed by atoms with Gasteiger partial charge in [-0.05, 0) is 44.4 Å². The third-order valence-corrected chi connectivity index (χ3v) is 3.93. The lowest BCUT2D eigenvalue weighted by Gasteiger charge is -2.27. The molecule has 106 valence electrons. The maximum atomic E-state index is 9.57. The van der Waals surface area contributed by atoms with E-state index in [0.717, 1.165) is 43.8 Å². The molecule has 1 heterocycles. The Bertz CT molecular complexity index is 417. The lowest BCUT2D eigenvalue weighted by Crippen LogP contribution is -2.32. The summed E-state index contributed by atoms with van der Waals surface area (Å²) in [6, 6.07) is 5.77. The van der Waals surface area contributed by atoms with Gasteiger partial charge in [0.2, 0.25) is 0 Å². The van der Waals surface area contributed by atoms with Crippen molar-refractivity contribution in [3.05, 3.63) is 28.8 Å². The van der Waals surface area contributed by atoms with Crippen LogP contribution < -0.4 is 4.90 Å². The van der Waals surface area contributed by atoms with Crippen LogP contribution >= 0.6 is 11.6 Å². The van der Waals surface area contributed by atoms with E-state index in [4.69, 9.17) is 16.3 Å². The van der Waals surface area contributed by atoms with Crippen LogP contribution in [0.25, 0.3) is 0 Å². The molecule has 1 aliphatic rings. The van der Waals surface area contributed by atoms with Gasteiger partial charge in [0.05, 0.1) is 22.9 Å². The fraction of sp³-hybridized carbons (Fsp3) is 0.600. The fourth-order valence-electron chi connectivity index (χ4n) is 2.47. The molecule has 2 atom stereocenters. The molecule has 1 aliphatic heterocycles. The number of nitrogens with zero attached hydrogens (tertiary/aromatic N) is 1. The summed E-state index contributed by atoms with van der Waals surface area (Å²) >= 11 is 6.34. The molecular weight excluding hydrogens is 262 g/mol. The number of benzene rings is 1. The minimum Gasteiger partial charge on any atom is -0.389 e. The van der Waals surface area contributed by atoms with Gasteiger partial charge in [-0.3, -0.25) is 0 Å². The number of aliphatic hydroxyl groups excluding tert-OH is 1. The molecule has 4 heteroatoms. The van der Waals surface area contributed by atoms with Crippen LogP contribution in [-0.2, 0) is 4.74 Å². The predicted molar refractivity (Wildman–Crippen MR) is 78.9 cm³/mol. The summed E-state index contributed by atoms with van der Waals surface area (Å²) in [6.45, 7) is 6.51. The van der Waals surface area contributed by atoms with Crippen molar-refractivity contribution in [2.24, 2.45) is 0 Å². The van der Waals surface area contributed by atoms with Gasteiger partial charge in [-0.2, -0.15) is 0 Å². The van der Waals surface area contributed by atoms with Crippen LogP contribution in [0.3, 0.4) is 0 Å². The molecule has 1 aromatic rings. The third kappa shape index (κ3) is 3.62. The highest BCUT2D eigenvalue weighted by Crippen LogP contribution is 2.30. The number of halogens is 1. The molecule has 3 nitrogen and oxygen atoms in total. The first-order chi connectivity index (χ1) is 9.11. The zero-order valence-corrected chi connectivity index (χ0v) is 12.4. The maximum Gasteiger partial charge on any atom is 0.0762 e. The smallest absolute Gasteiger partial charge is 0.0762 e. The van der Waals surface area contributed by atoms with Crippen molar-refractivity contribution in [3.8, 4) is 0 Å². The molecule has 0 amide bonds. The number of ether oxygens (including phenoxy) is 1. The topological polar surface area (TPSA) is 32.7 Å². The second kappa shape index (κ2) is 6.60. The number of likely N-dealkylation sites (N-methyl/N-ethyl adjacent to an activating group) is 1. The van der Waals surface area contributed by atoms with Crippen LogP contribution in [-0.4, -0.2) is 30.9 Å². The van der Waals surface area contributed by atoms with Gasteiger partial charge in [-0.15, -0.1) is 0 Å². The number of rotatable bonds is 5. The van der Waals surface area contributed by atoms with Crippen molar-refractivity contribution in [1.82, 2.24) is 0 Å². The van der Waals surface area contributed by atoms with Crippen molar-refractivity contribution in [3.63, 3.8) is 0 Å². The average Bonchev–Trinajstić information content (AvgIpc) is 2.89. The molecule has 1 N–H and O–H groups in total. The van der Waals surface area contributed by atoms with Gasteiger partial charge in [0.25, 0.3) is 0 Å². The first-order valence-corrected chi connectivity index (χ1v) is 7.33. The summed E-state index contributed by atoms with van der Waals surface area (Å²) < 4.78 is 5.68. The Morgan fingerprint density at radius 2 is 2.32 bits per heavy atom. The number of aliphatic hydroxyl groups is 1. The Balaban J connectivity index is 2.13. The van der Waals surface area contributed by atoms with Gasteiger partial charge in [0, 0.05) is 19.7 Å². The largest absolute Gasteiger partial charge is 0.389 e. The highest BCUT2D eigenvalue weighted by molar-refractivity contribution is 6.33. The molecule has 0 aliphatic carbocycles. The van der Waals surface area contributed by atoms with Gasteiger partial charge in [0.1, 0.15) is 0 Å². The van der Waals surface area contributed by atoms with Crippen LogP contribution in [0.4, 0.5) is 5.69 Å². The molecule has 0 spiro atoms. The molecule has 1 fully saturated rings. The summed E-state index contributed by atoms with van der Waals surface area (Å²) in [5.41, 5.74) is 1.87. The first kappa shape index (κ1) is 14.6. The second-order valence-corrected chi connectivity index (χ2v) is 5.47. The van der Waals surface area contributed by atoms with Crippen LogP contribution in [0.5, 0.6) is 0 Å². The van der Waals surface area contributed by atoms with E-state index in [0.29, 0.717) is 11.1 Å². The van der Waals surface area contributed by atoms with Gasteiger partial charge >= 0.3 is 0 Å². The molecule has 0 bridgehead atoms. The van der Waals surface area contributed by atoms with E-state index in [-0.39, 0.29) is 0 Å². The maximum absolute atomic E-state index is 9.57. The lowest BCUT2D eigenvalue weighted by molar-refractivity contribution is 0.115. The summed E-state index contributed by atoms with van der Waals surface area (Å²) in [4.78, 5) is 2.24. The quantitative estimate of drug-likeness (QED) is 0.899. The normalized spacial score (nSPS) is 20.5. The molecular formula is C15H22ClNO2. The number of anilines is 1. The Morgan fingerprint density at radius 3 is 2.84 bits per heavy atom. The second-order valence-electron chi connectivity index (χ2n) is 5.06. The van der Waals surface area contributed by atoms with Gasteiger partial charge in [0.15, 0.2) is 0 Å². The zero-order chi connectivity index (χ0) is 13.8. The van der Waals surface area contributed by atoms with Gasteiger partial charge in [-0.1, -0.05) is 17.7 Å². The Hall–Kier alpha value is -0.770. The molecule has 0 radical (unpaired) electrons. The molecule has 2 rings (SSSR count). The Labute approximate surface area is 120 Å². The SMILES string of the molecule is CCN(CC1CCCO1)c1ccc([C@@H](C)O)cc1Cl. The summed E-state index contributed by atoms with van der Waals surface area (Å²) in [5.74, 6) is 0. The fourth-order valence-corrected chi connectivity index (χ4v) is 2.78. The summed E-state index contributed by atoms with van der Waals surface area (Å²) in [7, 11) is 0. The summed E-state index contributed by atoms with van der Waals surface area (Å²) in [5, 5.41) is 10.3. The van der Waals surface area contributed by atoms with Crippen molar-refractivity contribution in [1.29, 1.82) is 0 Å². The van der Waals surface area contributed by atoms with Crippen LogP contribution in [0.1, 0.15) is 38.4 Å². The van der Waals surface area contributed by atoms with Gasteiger partial charge < -0.3 is 14.7 Å². The Kier molecular flexibility index (Phi) is 5.08. The molecule has 1 aromatic carbocycles. The van der Waals surface area contributed by atoms with Crippen LogP contribution in [0.15, 0.2) is 18.2 Å². The molecule has 1 saturated heterocycles. The zero-order valence-electron chi connectivity index (χ0n) is 11.6. The van der Waals surface area contributed by atoms with Crippen LogP contribution in [0, 0.1) is 0 Å².